The first-order valence-corrected chi connectivity index (χ1v) is 4.67. The summed E-state index contributed by atoms with van der Waals surface area (Å²) in [5.74, 6) is 1.35. The highest BCUT2D eigenvalue weighted by Gasteiger charge is 2.01. The molecule has 0 unspecified atom stereocenters. The van der Waals surface area contributed by atoms with Gasteiger partial charge in [0.25, 0.3) is 0 Å². The molecule has 0 amide bonds. The van der Waals surface area contributed by atoms with Gasteiger partial charge in [0.2, 0.25) is 11.8 Å². The van der Waals surface area contributed by atoms with E-state index in [2.05, 4.69) is 22.3 Å². The third-order valence-corrected chi connectivity index (χ3v) is 2.04. The van der Waals surface area contributed by atoms with Crippen molar-refractivity contribution in [3.8, 4) is 0 Å². The second-order valence-corrected chi connectivity index (χ2v) is 3.20. The molecule has 2 rings (SSSR count). The van der Waals surface area contributed by atoms with Crippen LogP contribution in [0.25, 0.3) is 0 Å². The minimum Gasteiger partial charge on any atom is -0.426 e. The van der Waals surface area contributed by atoms with Gasteiger partial charge in [0.1, 0.15) is 0 Å². The summed E-state index contributed by atoms with van der Waals surface area (Å²) in [6.45, 7) is 1.80. The van der Waals surface area contributed by atoms with E-state index in [1.54, 1.807) is 6.92 Å². The standard InChI is InChI=1S/C11H12N2O/c1-9-12-13-11(14-9)8-7-10-5-3-2-4-6-10/h2-6H,7-8H2,1H3. The van der Waals surface area contributed by atoms with Crippen LogP contribution in [0, 0.1) is 6.92 Å². The molecule has 0 aliphatic rings. The van der Waals surface area contributed by atoms with Gasteiger partial charge in [0.05, 0.1) is 0 Å². The van der Waals surface area contributed by atoms with E-state index >= 15 is 0 Å². The van der Waals surface area contributed by atoms with E-state index in [1.807, 2.05) is 18.2 Å². The minimum absolute atomic E-state index is 0.632. The average molecular weight is 188 g/mol. The van der Waals surface area contributed by atoms with Gasteiger partial charge < -0.3 is 4.42 Å². The second kappa shape index (κ2) is 4.05. The summed E-state index contributed by atoms with van der Waals surface area (Å²) in [4.78, 5) is 0. The quantitative estimate of drug-likeness (QED) is 0.740. The SMILES string of the molecule is Cc1nnc(CCc2ccccc2)o1. The number of hydrogen-bond acceptors (Lipinski definition) is 3. The number of rotatable bonds is 3. The molecule has 1 aromatic heterocycles. The number of aryl methyl sites for hydroxylation is 3. The van der Waals surface area contributed by atoms with Gasteiger partial charge in [-0.15, -0.1) is 10.2 Å². The highest BCUT2D eigenvalue weighted by Crippen LogP contribution is 2.05. The summed E-state index contributed by atoms with van der Waals surface area (Å²) in [5.41, 5.74) is 1.29. The maximum Gasteiger partial charge on any atom is 0.216 e. The van der Waals surface area contributed by atoms with Gasteiger partial charge in [-0.1, -0.05) is 30.3 Å². The van der Waals surface area contributed by atoms with Crippen LogP contribution in [0.3, 0.4) is 0 Å². The zero-order chi connectivity index (χ0) is 9.80. The Morgan fingerprint density at radius 1 is 1.07 bits per heavy atom. The van der Waals surface area contributed by atoms with Crippen LogP contribution in [0.1, 0.15) is 17.3 Å². The minimum atomic E-state index is 0.632. The summed E-state index contributed by atoms with van der Waals surface area (Å²) >= 11 is 0. The zero-order valence-electron chi connectivity index (χ0n) is 8.10. The first kappa shape index (κ1) is 8.94. The Hall–Kier alpha value is -1.64. The maximum atomic E-state index is 5.28. The molecule has 0 N–H and O–H groups in total. The van der Waals surface area contributed by atoms with Crippen LogP contribution in [0.5, 0.6) is 0 Å². The number of benzene rings is 1. The van der Waals surface area contributed by atoms with E-state index in [4.69, 9.17) is 4.42 Å². The Balaban J connectivity index is 1.95. The van der Waals surface area contributed by atoms with Crippen molar-refractivity contribution in [2.24, 2.45) is 0 Å². The van der Waals surface area contributed by atoms with Crippen LogP contribution in [-0.4, -0.2) is 10.2 Å². The smallest absolute Gasteiger partial charge is 0.216 e. The third-order valence-electron chi connectivity index (χ3n) is 2.04. The molecule has 3 nitrogen and oxygen atoms in total. The first-order chi connectivity index (χ1) is 6.84. The topological polar surface area (TPSA) is 38.9 Å². The molecule has 3 heteroatoms. The molecule has 1 heterocycles. The van der Waals surface area contributed by atoms with Crippen molar-refractivity contribution in [2.45, 2.75) is 19.8 Å². The van der Waals surface area contributed by atoms with Crippen LogP contribution < -0.4 is 0 Å². The normalized spacial score (nSPS) is 10.4. The molecule has 1 aromatic carbocycles. The van der Waals surface area contributed by atoms with Gasteiger partial charge in [-0.05, 0) is 12.0 Å². The lowest BCUT2D eigenvalue weighted by molar-refractivity contribution is 0.467. The van der Waals surface area contributed by atoms with Crippen molar-refractivity contribution >= 4 is 0 Å². The largest absolute Gasteiger partial charge is 0.426 e. The van der Waals surface area contributed by atoms with Crippen molar-refractivity contribution in [1.29, 1.82) is 0 Å². The molecule has 0 bridgehead atoms. The zero-order valence-corrected chi connectivity index (χ0v) is 8.10. The molecule has 0 atom stereocenters. The highest BCUT2D eigenvalue weighted by molar-refractivity contribution is 5.15. The molecule has 14 heavy (non-hydrogen) atoms. The van der Waals surface area contributed by atoms with Gasteiger partial charge in [-0.25, -0.2) is 0 Å². The average Bonchev–Trinajstić information content (AvgIpc) is 2.63. The molecular formula is C11H12N2O. The summed E-state index contributed by atoms with van der Waals surface area (Å²) in [6.07, 6.45) is 1.76. The molecule has 0 radical (unpaired) electrons. The predicted molar refractivity (Wildman–Crippen MR) is 52.9 cm³/mol. The lowest BCUT2D eigenvalue weighted by atomic mass is 10.1. The highest BCUT2D eigenvalue weighted by atomic mass is 16.4. The molecule has 0 saturated heterocycles. The molecule has 0 fully saturated rings. The number of nitrogens with zero attached hydrogens (tertiary/aromatic N) is 2. The van der Waals surface area contributed by atoms with E-state index in [9.17, 15) is 0 Å². The third kappa shape index (κ3) is 2.19. The summed E-state index contributed by atoms with van der Waals surface area (Å²) in [7, 11) is 0. The van der Waals surface area contributed by atoms with Gasteiger partial charge in [-0.3, -0.25) is 0 Å². The van der Waals surface area contributed by atoms with Gasteiger partial charge in [0, 0.05) is 13.3 Å². The fourth-order valence-corrected chi connectivity index (χ4v) is 1.33. The fraction of sp³-hybridized carbons (Fsp3) is 0.273. The Morgan fingerprint density at radius 2 is 1.86 bits per heavy atom. The fourth-order valence-electron chi connectivity index (χ4n) is 1.33. The van der Waals surface area contributed by atoms with Gasteiger partial charge in [0.15, 0.2) is 0 Å². The molecule has 0 spiro atoms. The lowest BCUT2D eigenvalue weighted by Gasteiger charge is -1.96. The van der Waals surface area contributed by atoms with Crippen LogP contribution >= 0.6 is 0 Å². The molecule has 72 valence electrons. The van der Waals surface area contributed by atoms with Crippen molar-refractivity contribution in [1.82, 2.24) is 10.2 Å². The Bertz CT molecular complexity index is 395. The monoisotopic (exact) mass is 188 g/mol. The Kier molecular flexibility index (Phi) is 2.58. The molecular weight excluding hydrogens is 176 g/mol. The number of hydrogen-bond donors (Lipinski definition) is 0. The summed E-state index contributed by atoms with van der Waals surface area (Å²) in [5, 5.41) is 7.73. The van der Waals surface area contributed by atoms with Crippen LogP contribution in [0.15, 0.2) is 34.7 Å². The predicted octanol–water partition coefficient (Wildman–Crippen LogP) is 2.16. The van der Waals surface area contributed by atoms with Gasteiger partial charge >= 0.3 is 0 Å². The maximum absolute atomic E-state index is 5.28. The van der Waals surface area contributed by atoms with Crippen LogP contribution in [0.4, 0.5) is 0 Å². The van der Waals surface area contributed by atoms with Gasteiger partial charge in [-0.2, -0.15) is 0 Å². The molecule has 0 saturated carbocycles. The first-order valence-electron chi connectivity index (χ1n) is 4.67. The van der Waals surface area contributed by atoms with E-state index in [-0.39, 0.29) is 0 Å². The van der Waals surface area contributed by atoms with Crippen molar-refractivity contribution in [2.75, 3.05) is 0 Å². The van der Waals surface area contributed by atoms with Crippen LogP contribution in [0.2, 0.25) is 0 Å². The van der Waals surface area contributed by atoms with E-state index in [1.165, 1.54) is 5.56 Å². The Labute approximate surface area is 82.8 Å². The molecule has 0 aliphatic carbocycles. The van der Waals surface area contributed by atoms with E-state index in [0.717, 1.165) is 12.8 Å². The Morgan fingerprint density at radius 3 is 2.50 bits per heavy atom. The summed E-state index contributed by atoms with van der Waals surface area (Å²) in [6, 6.07) is 10.3. The van der Waals surface area contributed by atoms with E-state index in [0.29, 0.717) is 11.8 Å². The van der Waals surface area contributed by atoms with E-state index < -0.39 is 0 Å². The van der Waals surface area contributed by atoms with Crippen molar-refractivity contribution < 1.29 is 4.42 Å². The van der Waals surface area contributed by atoms with Crippen molar-refractivity contribution in [3.05, 3.63) is 47.7 Å². The van der Waals surface area contributed by atoms with Crippen molar-refractivity contribution in [3.63, 3.8) is 0 Å². The lowest BCUT2D eigenvalue weighted by Crippen LogP contribution is -1.90. The summed E-state index contributed by atoms with van der Waals surface area (Å²) < 4.78 is 5.28. The van der Waals surface area contributed by atoms with Crippen LogP contribution in [-0.2, 0) is 12.8 Å². The molecule has 0 aliphatic heterocycles. The number of aromatic nitrogens is 2. The second-order valence-electron chi connectivity index (χ2n) is 3.20. The molecule has 2 aromatic rings.